The third-order valence-electron chi connectivity index (χ3n) is 8.90. The molecule has 1 N–H and O–H groups in total. The first-order chi connectivity index (χ1) is 22.2. The van der Waals surface area contributed by atoms with E-state index in [4.69, 9.17) is 4.74 Å². The number of fused-ring (bicyclic) bond motifs is 6. The molecule has 8 heteroatoms. The third kappa shape index (κ3) is 4.48. The van der Waals surface area contributed by atoms with Gasteiger partial charge in [0, 0.05) is 34.5 Å². The summed E-state index contributed by atoms with van der Waals surface area (Å²) >= 11 is 0. The molecule has 5 aromatic rings. The van der Waals surface area contributed by atoms with Crippen LogP contribution >= 0.6 is 0 Å². The molecule has 1 aliphatic heterocycles. The molecule has 46 heavy (non-hydrogen) atoms. The summed E-state index contributed by atoms with van der Waals surface area (Å²) in [6, 6.07) is 20.8. The number of aromatic nitrogens is 1. The maximum atomic E-state index is 14.2. The van der Waals surface area contributed by atoms with Gasteiger partial charge in [-0.05, 0) is 67.3 Å². The van der Waals surface area contributed by atoms with Gasteiger partial charge in [0.05, 0.1) is 27.8 Å². The average molecular weight is 611 g/mol. The number of cyclic esters (lactones) is 1. The highest BCUT2D eigenvalue weighted by atomic mass is 16.6. The van der Waals surface area contributed by atoms with Crippen molar-refractivity contribution in [2.75, 3.05) is 5.32 Å². The van der Waals surface area contributed by atoms with Gasteiger partial charge in [-0.15, -0.1) is 0 Å². The van der Waals surface area contributed by atoms with Crippen LogP contribution in [-0.2, 0) is 21.4 Å². The van der Waals surface area contributed by atoms with E-state index in [9.17, 15) is 24.0 Å². The SMILES string of the molecule is CCCCC1OC(=O)/C(=C/c2cc(C)c3c(c2)c2cc(NC(=O)c4ccccc4)c4c(c2n3C)C(=O)c2ccccc2C4=O)C1=O. The molecule has 1 amide bonds. The maximum Gasteiger partial charge on any atom is 0.342 e. The van der Waals surface area contributed by atoms with Crippen LogP contribution in [-0.4, -0.2) is 39.9 Å². The van der Waals surface area contributed by atoms with E-state index < -0.39 is 18.0 Å². The van der Waals surface area contributed by atoms with Gasteiger partial charge >= 0.3 is 5.97 Å². The van der Waals surface area contributed by atoms with E-state index in [2.05, 4.69) is 5.32 Å². The number of amides is 1. The fourth-order valence-electron chi connectivity index (χ4n) is 6.76. The van der Waals surface area contributed by atoms with E-state index in [0.29, 0.717) is 34.0 Å². The lowest BCUT2D eigenvalue weighted by atomic mass is 9.82. The van der Waals surface area contributed by atoms with Gasteiger partial charge in [0.25, 0.3) is 5.91 Å². The van der Waals surface area contributed by atoms with Gasteiger partial charge in [-0.3, -0.25) is 19.2 Å². The molecule has 2 heterocycles. The first kappa shape index (κ1) is 29.1. The number of carbonyl (C=O) groups is 5. The predicted octanol–water partition coefficient (Wildman–Crippen LogP) is 6.74. The number of hydrogen-bond donors (Lipinski definition) is 1. The van der Waals surface area contributed by atoms with Gasteiger partial charge in [0.1, 0.15) is 5.57 Å². The molecule has 8 nitrogen and oxygen atoms in total. The van der Waals surface area contributed by atoms with Crippen LogP contribution in [0.15, 0.2) is 78.4 Å². The largest absolute Gasteiger partial charge is 0.450 e. The first-order valence-corrected chi connectivity index (χ1v) is 15.3. The van der Waals surface area contributed by atoms with E-state index in [-0.39, 0.29) is 45.3 Å². The molecule has 1 unspecified atom stereocenters. The predicted molar refractivity (Wildman–Crippen MR) is 175 cm³/mol. The van der Waals surface area contributed by atoms with Gasteiger partial charge in [0.15, 0.2) is 17.7 Å². The van der Waals surface area contributed by atoms with Gasteiger partial charge in [-0.2, -0.15) is 0 Å². The molecule has 1 atom stereocenters. The zero-order valence-electron chi connectivity index (χ0n) is 25.6. The molecule has 1 aromatic heterocycles. The number of Topliss-reactive ketones (excluding diaryl/α,β-unsaturated/α-hetero) is 1. The molecule has 0 radical (unpaired) electrons. The minimum Gasteiger partial charge on any atom is -0.450 e. The molecular weight excluding hydrogens is 580 g/mol. The molecule has 0 spiro atoms. The van der Waals surface area contributed by atoms with Crippen molar-refractivity contribution in [1.29, 1.82) is 0 Å². The number of aryl methyl sites for hydroxylation is 2. The Morgan fingerprint density at radius 2 is 1.52 bits per heavy atom. The zero-order chi connectivity index (χ0) is 32.3. The number of nitrogens with zero attached hydrogens (tertiary/aromatic N) is 1. The average Bonchev–Trinajstić information content (AvgIpc) is 3.49. The highest BCUT2D eigenvalue weighted by Crippen LogP contribution is 2.42. The summed E-state index contributed by atoms with van der Waals surface area (Å²) in [5, 5.41) is 4.30. The Bertz CT molecular complexity index is 2210. The Hall–Kier alpha value is -5.63. The van der Waals surface area contributed by atoms with Crippen LogP contribution in [0.2, 0.25) is 0 Å². The standard InChI is InChI=1S/C38H30N2O6/c1-4-5-15-29-34(41)27(38(45)46-29)18-21-16-20(2)32-25(17-21)26-19-28(39-37(44)22-11-7-6-8-12-22)30-31(33(26)40(32)3)36(43)24-14-10-9-13-23(24)35(30)42/h6-14,16-19,29H,4-5,15H2,1-3H3,(H,39,44)/b27-18+. The van der Waals surface area contributed by atoms with E-state index in [1.165, 1.54) is 0 Å². The van der Waals surface area contributed by atoms with Crippen molar-refractivity contribution >= 4 is 62.8 Å². The topological polar surface area (TPSA) is 112 Å². The summed E-state index contributed by atoms with van der Waals surface area (Å²) in [4.78, 5) is 67.4. The Balaban J connectivity index is 1.46. The zero-order valence-corrected chi connectivity index (χ0v) is 25.6. The van der Waals surface area contributed by atoms with Crippen molar-refractivity contribution in [1.82, 2.24) is 4.57 Å². The van der Waals surface area contributed by atoms with Gasteiger partial charge in [-0.25, -0.2) is 4.79 Å². The number of unbranched alkanes of at least 4 members (excludes halogenated alkanes) is 1. The smallest absolute Gasteiger partial charge is 0.342 e. The number of carbonyl (C=O) groups excluding carboxylic acids is 5. The molecular formula is C38H30N2O6. The molecule has 4 aromatic carbocycles. The third-order valence-corrected chi connectivity index (χ3v) is 8.90. The maximum absolute atomic E-state index is 14.2. The second-order valence-corrected chi connectivity index (χ2v) is 11.8. The highest BCUT2D eigenvalue weighted by molar-refractivity contribution is 6.36. The number of rotatable bonds is 6. The molecule has 0 saturated carbocycles. The van der Waals surface area contributed by atoms with Gasteiger partial charge < -0.3 is 14.6 Å². The summed E-state index contributed by atoms with van der Waals surface area (Å²) in [6.45, 7) is 3.92. The number of ketones is 3. The second kappa shape index (κ2) is 11.1. The summed E-state index contributed by atoms with van der Waals surface area (Å²) < 4.78 is 7.28. The van der Waals surface area contributed by atoms with Crippen LogP contribution in [0.5, 0.6) is 0 Å². The van der Waals surface area contributed by atoms with Crippen molar-refractivity contribution in [3.8, 4) is 0 Å². The lowest BCUT2D eigenvalue weighted by Gasteiger charge is -2.22. The number of nitrogens with one attached hydrogen (secondary N) is 1. The Morgan fingerprint density at radius 3 is 2.22 bits per heavy atom. The fourth-order valence-corrected chi connectivity index (χ4v) is 6.76. The fraction of sp³-hybridized carbons (Fsp3) is 0.184. The van der Waals surface area contributed by atoms with Crippen LogP contribution in [0.4, 0.5) is 5.69 Å². The summed E-state index contributed by atoms with van der Waals surface area (Å²) in [6.07, 6.45) is 2.93. The van der Waals surface area contributed by atoms with Crippen LogP contribution in [0, 0.1) is 6.92 Å². The number of esters is 1. The van der Waals surface area contributed by atoms with E-state index >= 15 is 0 Å². The van der Waals surface area contributed by atoms with Crippen molar-refractivity contribution in [3.63, 3.8) is 0 Å². The van der Waals surface area contributed by atoms with Crippen LogP contribution in [0.3, 0.4) is 0 Å². The van der Waals surface area contributed by atoms with Crippen LogP contribution in [0.25, 0.3) is 27.9 Å². The van der Waals surface area contributed by atoms with Crippen molar-refractivity contribution < 1.29 is 28.7 Å². The van der Waals surface area contributed by atoms with E-state index in [1.807, 2.05) is 37.6 Å². The second-order valence-electron chi connectivity index (χ2n) is 11.8. The number of hydrogen-bond acceptors (Lipinski definition) is 6. The van der Waals surface area contributed by atoms with Gasteiger partial charge in [-0.1, -0.05) is 55.8 Å². The van der Waals surface area contributed by atoms with Crippen molar-refractivity contribution in [2.24, 2.45) is 7.05 Å². The Morgan fingerprint density at radius 1 is 0.870 bits per heavy atom. The minimum absolute atomic E-state index is 0.00524. The van der Waals surface area contributed by atoms with E-state index in [0.717, 1.165) is 29.3 Å². The molecule has 228 valence electrons. The number of anilines is 1. The normalized spacial score (nSPS) is 16.7. The Kier molecular flexibility index (Phi) is 7.00. The van der Waals surface area contributed by atoms with Crippen LogP contribution in [0.1, 0.15) is 79.5 Å². The molecule has 2 aliphatic rings. The lowest BCUT2D eigenvalue weighted by Crippen LogP contribution is -2.24. The molecule has 0 bridgehead atoms. The highest BCUT2D eigenvalue weighted by Gasteiger charge is 2.38. The summed E-state index contributed by atoms with van der Waals surface area (Å²) in [5.41, 5.74) is 4.40. The molecule has 7 rings (SSSR count). The van der Waals surface area contributed by atoms with Crippen molar-refractivity contribution in [2.45, 2.75) is 39.2 Å². The molecule has 1 saturated heterocycles. The molecule has 1 aliphatic carbocycles. The van der Waals surface area contributed by atoms with E-state index in [1.54, 1.807) is 66.7 Å². The monoisotopic (exact) mass is 610 g/mol. The number of ether oxygens (including phenoxy) is 1. The minimum atomic E-state index is -0.769. The molecule has 1 fully saturated rings. The lowest BCUT2D eigenvalue weighted by molar-refractivity contribution is -0.141. The number of benzene rings is 4. The van der Waals surface area contributed by atoms with Crippen LogP contribution < -0.4 is 5.32 Å². The van der Waals surface area contributed by atoms with Crippen molar-refractivity contribution in [3.05, 3.63) is 117 Å². The summed E-state index contributed by atoms with van der Waals surface area (Å²) in [5.74, 6) is -2.03. The quantitative estimate of drug-likeness (QED) is 0.127. The Labute approximate surface area is 264 Å². The first-order valence-electron chi connectivity index (χ1n) is 15.3. The van der Waals surface area contributed by atoms with Gasteiger partial charge in [0.2, 0.25) is 5.78 Å². The summed E-state index contributed by atoms with van der Waals surface area (Å²) in [7, 11) is 1.84.